The van der Waals surface area contributed by atoms with E-state index in [1.54, 1.807) is 0 Å². The van der Waals surface area contributed by atoms with Crippen LogP contribution in [0.15, 0.2) is 4.99 Å². The van der Waals surface area contributed by atoms with Gasteiger partial charge in [-0.25, -0.2) is 5.84 Å². The van der Waals surface area contributed by atoms with Crippen LogP contribution in [0.2, 0.25) is 0 Å². The molecular formula is C16H32N4O. The van der Waals surface area contributed by atoms with Gasteiger partial charge in [0.25, 0.3) is 0 Å². The van der Waals surface area contributed by atoms with Crippen LogP contribution < -0.4 is 11.3 Å². The first-order valence-electron chi connectivity index (χ1n) is 8.63. The van der Waals surface area contributed by atoms with Crippen molar-refractivity contribution in [3.63, 3.8) is 0 Å². The maximum Gasteiger partial charge on any atom is 0.208 e. The second kappa shape index (κ2) is 8.59. The highest BCUT2D eigenvalue weighted by Gasteiger charge is 2.36. The lowest BCUT2D eigenvalue weighted by Crippen LogP contribution is -2.50. The molecule has 1 aliphatic carbocycles. The summed E-state index contributed by atoms with van der Waals surface area (Å²) < 4.78 is 5.34. The van der Waals surface area contributed by atoms with Gasteiger partial charge in [-0.05, 0) is 44.4 Å². The molecule has 0 aromatic carbocycles. The monoisotopic (exact) mass is 296 g/mol. The van der Waals surface area contributed by atoms with Crippen LogP contribution in [-0.2, 0) is 4.74 Å². The molecular weight excluding hydrogens is 264 g/mol. The lowest BCUT2D eigenvalue weighted by atomic mass is 9.68. The molecule has 5 nitrogen and oxygen atoms in total. The molecule has 2 fully saturated rings. The Bertz CT molecular complexity index is 316. The van der Waals surface area contributed by atoms with Crippen molar-refractivity contribution in [3.8, 4) is 0 Å². The standard InChI is InChI=1S/C16H32N4O/c1-2-21-14-6-11-18-15(19-17)20-12-9-16(10-13-20)7-4-3-5-8-16/h2-14,17H2,1H3,(H,18,19). The van der Waals surface area contributed by atoms with Gasteiger partial charge in [0, 0.05) is 32.8 Å². The Balaban J connectivity index is 1.77. The van der Waals surface area contributed by atoms with Crippen LogP contribution in [-0.4, -0.2) is 43.7 Å². The lowest BCUT2D eigenvalue weighted by Gasteiger charge is -2.44. The zero-order valence-corrected chi connectivity index (χ0v) is 13.6. The van der Waals surface area contributed by atoms with Crippen LogP contribution in [0, 0.1) is 5.41 Å². The van der Waals surface area contributed by atoms with Gasteiger partial charge in [0.15, 0.2) is 0 Å². The van der Waals surface area contributed by atoms with Crippen molar-refractivity contribution < 1.29 is 4.74 Å². The van der Waals surface area contributed by atoms with Crippen molar-refractivity contribution in [2.75, 3.05) is 32.8 Å². The minimum Gasteiger partial charge on any atom is -0.382 e. The number of nitrogens with one attached hydrogen (secondary N) is 1. The number of hydrogen-bond acceptors (Lipinski definition) is 3. The van der Waals surface area contributed by atoms with Crippen LogP contribution in [0.3, 0.4) is 0 Å². The summed E-state index contributed by atoms with van der Waals surface area (Å²) in [6.45, 7) is 6.54. The molecule has 1 aliphatic heterocycles. The van der Waals surface area contributed by atoms with Crippen LogP contribution in [0.25, 0.3) is 0 Å². The van der Waals surface area contributed by atoms with Crippen LogP contribution >= 0.6 is 0 Å². The second-order valence-electron chi connectivity index (χ2n) is 6.45. The van der Waals surface area contributed by atoms with Crippen molar-refractivity contribution in [1.82, 2.24) is 10.3 Å². The van der Waals surface area contributed by atoms with Crippen molar-refractivity contribution in [1.29, 1.82) is 0 Å². The van der Waals surface area contributed by atoms with E-state index in [0.717, 1.165) is 45.2 Å². The van der Waals surface area contributed by atoms with Gasteiger partial charge in [0.1, 0.15) is 0 Å². The van der Waals surface area contributed by atoms with E-state index < -0.39 is 0 Å². The molecule has 1 spiro atoms. The number of ether oxygens (including phenoxy) is 1. The van der Waals surface area contributed by atoms with E-state index in [-0.39, 0.29) is 0 Å². The zero-order valence-electron chi connectivity index (χ0n) is 13.6. The van der Waals surface area contributed by atoms with E-state index in [4.69, 9.17) is 10.6 Å². The molecule has 0 unspecified atom stereocenters. The summed E-state index contributed by atoms with van der Waals surface area (Å²) in [7, 11) is 0. The molecule has 1 saturated heterocycles. The summed E-state index contributed by atoms with van der Waals surface area (Å²) in [6, 6.07) is 0. The molecule has 1 heterocycles. The number of nitrogens with zero attached hydrogens (tertiary/aromatic N) is 2. The van der Waals surface area contributed by atoms with Gasteiger partial charge in [-0.15, -0.1) is 0 Å². The Morgan fingerprint density at radius 3 is 2.52 bits per heavy atom. The average Bonchev–Trinajstić information content (AvgIpc) is 2.53. The van der Waals surface area contributed by atoms with Crippen molar-refractivity contribution in [2.24, 2.45) is 16.3 Å². The molecule has 122 valence electrons. The highest BCUT2D eigenvalue weighted by Crippen LogP contribution is 2.44. The third-order valence-electron chi connectivity index (χ3n) is 5.08. The third kappa shape index (κ3) is 4.85. The summed E-state index contributed by atoms with van der Waals surface area (Å²) in [6.07, 6.45) is 10.7. The van der Waals surface area contributed by atoms with Gasteiger partial charge in [0.2, 0.25) is 5.96 Å². The van der Waals surface area contributed by atoms with E-state index in [1.165, 1.54) is 44.9 Å². The van der Waals surface area contributed by atoms with Crippen LogP contribution in [0.1, 0.15) is 58.3 Å². The minimum atomic E-state index is 0.628. The van der Waals surface area contributed by atoms with Crippen LogP contribution in [0.5, 0.6) is 0 Å². The Hall–Kier alpha value is -0.810. The number of aliphatic imine (C=N–C) groups is 1. The highest BCUT2D eigenvalue weighted by molar-refractivity contribution is 5.79. The molecule has 3 N–H and O–H groups in total. The maximum absolute atomic E-state index is 5.66. The van der Waals surface area contributed by atoms with Gasteiger partial charge in [0.05, 0.1) is 0 Å². The van der Waals surface area contributed by atoms with E-state index in [0.29, 0.717) is 5.41 Å². The molecule has 2 aliphatic rings. The van der Waals surface area contributed by atoms with Gasteiger partial charge >= 0.3 is 0 Å². The fourth-order valence-corrected chi connectivity index (χ4v) is 3.73. The third-order valence-corrected chi connectivity index (χ3v) is 5.08. The minimum absolute atomic E-state index is 0.628. The SMILES string of the molecule is CCOCCCN=C(NN)N1CCC2(CCCCC2)CC1. The summed E-state index contributed by atoms with van der Waals surface area (Å²) in [4.78, 5) is 6.92. The average molecular weight is 296 g/mol. The van der Waals surface area contributed by atoms with Crippen molar-refractivity contribution >= 4 is 5.96 Å². The summed E-state index contributed by atoms with van der Waals surface area (Å²) >= 11 is 0. The molecule has 0 atom stereocenters. The first-order chi connectivity index (χ1) is 10.3. The van der Waals surface area contributed by atoms with E-state index in [9.17, 15) is 0 Å². The topological polar surface area (TPSA) is 62.9 Å². The Kier molecular flexibility index (Phi) is 6.77. The van der Waals surface area contributed by atoms with Gasteiger partial charge in [-0.2, -0.15) is 0 Å². The smallest absolute Gasteiger partial charge is 0.208 e. The van der Waals surface area contributed by atoms with Gasteiger partial charge < -0.3 is 9.64 Å². The maximum atomic E-state index is 5.66. The fraction of sp³-hybridized carbons (Fsp3) is 0.938. The normalized spacial score (nSPS) is 22.6. The zero-order chi connectivity index (χ0) is 15.0. The van der Waals surface area contributed by atoms with E-state index >= 15 is 0 Å². The number of hydrogen-bond donors (Lipinski definition) is 2. The molecule has 2 rings (SSSR count). The second-order valence-corrected chi connectivity index (χ2v) is 6.45. The first-order valence-corrected chi connectivity index (χ1v) is 8.63. The molecule has 5 heteroatoms. The largest absolute Gasteiger partial charge is 0.382 e. The van der Waals surface area contributed by atoms with Gasteiger partial charge in [-0.3, -0.25) is 10.4 Å². The quantitative estimate of drug-likeness (QED) is 0.269. The number of hydrazine groups is 1. The lowest BCUT2D eigenvalue weighted by molar-refractivity contribution is 0.0961. The van der Waals surface area contributed by atoms with E-state index in [1.807, 2.05) is 6.92 Å². The Morgan fingerprint density at radius 2 is 1.90 bits per heavy atom. The van der Waals surface area contributed by atoms with Crippen molar-refractivity contribution in [2.45, 2.75) is 58.3 Å². The molecule has 0 radical (unpaired) electrons. The molecule has 0 aromatic heterocycles. The fourth-order valence-electron chi connectivity index (χ4n) is 3.73. The Morgan fingerprint density at radius 1 is 1.19 bits per heavy atom. The highest BCUT2D eigenvalue weighted by atomic mass is 16.5. The molecule has 0 amide bonds. The summed E-state index contributed by atoms with van der Waals surface area (Å²) in [5, 5.41) is 0. The Labute approximate surface area is 129 Å². The number of piperidine rings is 1. The number of rotatable bonds is 5. The summed E-state index contributed by atoms with van der Waals surface area (Å²) in [5.74, 6) is 6.52. The predicted octanol–water partition coefficient (Wildman–Crippen LogP) is 2.28. The number of nitrogens with two attached hydrogens (primary N) is 1. The van der Waals surface area contributed by atoms with Crippen LogP contribution in [0.4, 0.5) is 0 Å². The van der Waals surface area contributed by atoms with Crippen molar-refractivity contribution in [3.05, 3.63) is 0 Å². The molecule has 0 aromatic rings. The number of likely N-dealkylation sites (tertiary alicyclic amines) is 1. The van der Waals surface area contributed by atoms with Gasteiger partial charge in [-0.1, -0.05) is 19.3 Å². The molecule has 21 heavy (non-hydrogen) atoms. The predicted molar refractivity (Wildman–Crippen MR) is 87.1 cm³/mol. The summed E-state index contributed by atoms with van der Waals surface area (Å²) in [5.41, 5.74) is 3.42. The molecule has 0 bridgehead atoms. The number of guanidine groups is 1. The molecule has 1 saturated carbocycles. The first kappa shape index (κ1) is 16.6. The van der Waals surface area contributed by atoms with E-state index in [2.05, 4.69) is 15.3 Å².